The number of aryl methyl sites for hydroxylation is 2. The van der Waals surface area contributed by atoms with Crippen LogP contribution >= 0.6 is 0 Å². The van der Waals surface area contributed by atoms with Gasteiger partial charge in [0.1, 0.15) is 17.1 Å². The van der Waals surface area contributed by atoms with Gasteiger partial charge in [0.2, 0.25) is 5.91 Å². The second kappa shape index (κ2) is 9.09. The molecule has 31 heavy (non-hydrogen) atoms. The van der Waals surface area contributed by atoms with Crippen molar-refractivity contribution in [2.45, 2.75) is 38.6 Å². The quantitative estimate of drug-likeness (QED) is 0.788. The molecule has 1 N–H and O–H groups in total. The molecule has 4 rings (SSSR count). The zero-order chi connectivity index (χ0) is 22.0. The van der Waals surface area contributed by atoms with Crippen LogP contribution in [0.2, 0.25) is 0 Å². The van der Waals surface area contributed by atoms with E-state index in [4.69, 9.17) is 14.0 Å². The number of rotatable bonds is 5. The van der Waals surface area contributed by atoms with Crippen molar-refractivity contribution in [3.05, 3.63) is 46.8 Å². The fourth-order valence-corrected chi connectivity index (χ4v) is 4.73. The van der Waals surface area contributed by atoms with Gasteiger partial charge in [0.25, 0.3) is 5.91 Å². The van der Waals surface area contributed by atoms with E-state index in [0.29, 0.717) is 56.2 Å². The summed E-state index contributed by atoms with van der Waals surface area (Å²) in [5, 5.41) is 6.99. The number of carbonyl (C=O) groups is 2. The van der Waals surface area contributed by atoms with Crippen LogP contribution in [-0.2, 0) is 9.53 Å². The molecule has 2 fully saturated rings. The summed E-state index contributed by atoms with van der Waals surface area (Å²) < 4.78 is 15.8. The number of ether oxygens (including phenoxy) is 2. The van der Waals surface area contributed by atoms with Gasteiger partial charge in [-0.05, 0) is 50.3 Å². The minimum Gasteiger partial charge on any atom is -0.497 e. The van der Waals surface area contributed by atoms with Crippen LogP contribution in [0, 0.1) is 19.8 Å². The first kappa shape index (κ1) is 21.4. The number of hydrogen-bond donors (Lipinski definition) is 1. The van der Waals surface area contributed by atoms with Gasteiger partial charge in [-0.15, -0.1) is 0 Å². The Labute approximate surface area is 181 Å². The van der Waals surface area contributed by atoms with Crippen LogP contribution in [0.3, 0.4) is 0 Å². The standard InChI is InChI=1S/C23H29N3O5/c1-14-21(15(2)31-25-14)22(27)24-17-12-19(16-4-6-18(29-3)7-5-16)20(13-17)23(28)26-8-10-30-11-9-26/h4-7,17,19-20H,8-13H2,1-3H3,(H,24,27)/t17-,19+,20-/m0/s1. The van der Waals surface area contributed by atoms with Crippen molar-refractivity contribution in [3.8, 4) is 5.75 Å². The first-order chi connectivity index (χ1) is 15.0. The lowest BCUT2D eigenvalue weighted by molar-refractivity contribution is -0.140. The van der Waals surface area contributed by atoms with Crippen molar-refractivity contribution >= 4 is 11.8 Å². The van der Waals surface area contributed by atoms with Crippen molar-refractivity contribution in [1.82, 2.24) is 15.4 Å². The largest absolute Gasteiger partial charge is 0.497 e. The van der Waals surface area contributed by atoms with Gasteiger partial charge in [-0.25, -0.2) is 0 Å². The Morgan fingerprint density at radius 2 is 1.84 bits per heavy atom. The molecule has 2 aromatic rings. The lowest BCUT2D eigenvalue weighted by atomic mass is 9.88. The smallest absolute Gasteiger partial charge is 0.257 e. The first-order valence-corrected chi connectivity index (χ1v) is 10.7. The van der Waals surface area contributed by atoms with Crippen LogP contribution in [0.1, 0.15) is 46.1 Å². The Morgan fingerprint density at radius 1 is 1.13 bits per heavy atom. The van der Waals surface area contributed by atoms with E-state index in [1.54, 1.807) is 21.0 Å². The van der Waals surface area contributed by atoms with E-state index in [9.17, 15) is 9.59 Å². The molecule has 1 saturated heterocycles. The minimum atomic E-state index is -0.200. The van der Waals surface area contributed by atoms with Crippen LogP contribution in [0.15, 0.2) is 28.8 Å². The van der Waals surface area contributed by atoms with Crippen molar-refractivity contribution in [3.63, 3.8) is 0 Å². The number of carbonyl (C=O) groups excluding carboxylic acids is 2. The topological polar surface area (TPSA) is 93.9 Å². The summed E-state index contributed by atoms with van der Waals surface area (Å²) in [4.78, 5) is 28.1. The number of methoxy groups -OCH3 is 1. The molecule has 8 heteroatoms. The van der Waals surface area contributed by atoms with Crippen molar-refractivity contribution in [2.75, 3.05) is 33.4 Å². The van der Waals surface area contributed by atoms with Gasteiger partial charge in [-0.1, -0.05) is 17.3 Å². The Morgan fingerprint density at radius 3 is 2.45 bits per heavy atom. The molecule has 1 saturated carbocycles. The maximum absolute atomic E-state index is 13.4. The van der Waals surface area contributed by atoms with Crippen LogP contribution in [0.5, 0.6) is 5.75 Å². The van der Waals surface area contributed by atoms with E-state index in [1.165, 1.54) is 0 Å². The van der Waals surface area contributed by atoms with E-state index in [-0.39, 0.29) is 29.7 Å². The highest BCUT2D eigenvalue weighted by Crippen LogP contribution is 2.41. The fourth-order valence-electron chi connectivity index (χ4n) is 4.73. The third-order valence-corrected chi connectivity index (χ3v) is 6.34. The summed E-state index contributed by atoms with van der Waals surface area (Å²) in [5.41, 5.74) is 2.13. The van der Waals surface area contributed by atoms with Crippen molar-refractivity contribution in [1.29, 1.82) is 0 Å². The van der Waals surface area contributed by atoms with E-state index < -0.39 is 0 Å². The second-order valence-electron chi connectivity index (χ2n) is 8.26. The molecule has 0 bridgehead atoms. The van der Waals surface area contributed by atoms with Gasteiger partial charge >= 0.3 is 0 Å². The van der Waals surface area contributed by atoms with Gasteiger partial charge in [0.05, 0.1) is 26.0 Å². The third kappa shape index (κ3) is 4.44. The molecule has 1 aromatic carbocycles. The van der Waals surface area contributed by atoms with Gasteiger partial charge < -0.3 is 24.2 Å². The summed E-state index contributed by atoms with van der Waals surface area (Å²) in [7, 11) is 1.63. The molecule has 166 valence electrons. The monoisotopic (exact) mass is 427 g/mol. The van der Waals surface area contributed by atoms with E-state index in [1.807, 2.05) is 29.2 Å². The number of nitrogens with zero attached hydrogens (tertiary/aromatic N) is 2. The molecule has 2 aliphatic rings. The Hall–Kier alpha value is -2.87. The van der Waals surface area contributed by atoms with Gasteiger partial charge in [-0.3, -0.25) is 9.59 Å². The summed E-state index contributed by atoms with van der Waals surface area (Å²) in [5.74, 6) is 1.05. The molecule has 3 atom stereocenters. The molecule has 1 aromatic heterocycles. The number of aromatic nitrogens is 1. The summed E-state index contributed by atoms with van der Waals surface area (Å²) >= 11 is 0. The highest BCUT2D eigenvalue weighted by atomic mass is 16.5. The van der Waals surface area contributed by atoms with E-state index >= 15 is 0 Å². The SMILES string of the molecule is COc1ccc([C@H]2C[C@H](NC(=O)c3c(C)noc3C)C[C@@H]2C(=O)N2CCOCC2)cc1. The normalized spacial score (nSPS) is 23.6. The minimum absolute atomic E-state index is 0.0243. The second-order valence-corrected chi connectivity index (χ2v) is 8.26. The maximum Gasteiger partial charge on any atom is 0.257 e. The van der Waals surface area contributed by atoms with Gasteiger partial charge in [0, 0.05) is 25.0 Å². The zero-order valence-corrected chi connectivity index (χ0v) is 18.2. The predicted molar refractivity (Wildman–Crippen MR) is 113 cm³/mol. The van der Waals surface area contributed by atoms with Gasteiger partial charge in [-0.2, -0.15) is 0 Å². The number of hydrogen-bond acceptors (Lipinski definition) is 6. The molecule has 1 aliphatic heterocycles. The van der Waals surface area contributed by atoms with Crippen molar-refractivity contribution in [2.24, 2.45) is 5.92 Å². The number of morpholine rings is 1. The molecule has 0 spiro atoms. The number of amides is 2. The molecular weight excluding hydrogens is 398 g/mol. The Balaban J connectivity index is 1.54. The number of nitrogens with one attached hydrogen (secondary N) is 1. The molecule has 0 unspecified atom stereocenters. The molecule has 8 nitrogen and oxygen atoms in total. The molecule has 0 radical (unpaired) electrons. The van der Waals surface area contributed by atoms with Crippen molar-refractivity contribution < 1.29 is 23.6 Å². The Kier molecular flexibility index (Phi) is 6.27. The van der Waals surface area contributed by atoms with E-state index in [0.717, 1.165) is 11.3 Å². The van der Waals surface area contributed by atoms with Crippen LogP contribution in [0.25, 0.3) is 0 Å². The Bertz CT molecular complexity index is 914. The van der Waals surface area contributed by atoms with Crippen LogP contribution < -0.4 is 10.1 Å². The average Bonchev–Trinajstić information content (AvgIpc) is 3.36. The third-order valence-electron chi connectivity index (χ3n) is 6.34. The molecule has 2 amide bonds. The van der Waals surface area contributed by atoms with Crippen LogP contribution in [-0.4, -0.2) is 61.3 Å². The molecule has 2 heterocycles. The zero-order valence-electron chi connectivity index (χ0n) is 18.2. The fraction of sp³-hybridized carbons (Fsp3) is 0.522. The average molecular weight is 428 g/mol. The van der Waals surface area contributed by atoms with Crippen LogP contribution in [0.4, 0.5) is 0 Å². The molecule has 1 aliphatic carbocycles. The number of benzene rings is 1. The highest BCUT2D eigenvalue weighted by molar-refractivity contribution is 5.96. The first-order valence-electron chi connectivity index (χ1n) is 10.7. The van der Waals surface area contributed by atoms with E-state index in [2.05, 4.69) is 10.5 Å². The lowest BCUT2D eigenvalue weighted by Gasteiger charge is -2.31. The maximum atomic E-state index is 13.4. The summed E-state index contributed by atoms with van der Waals surface area (Å²) in [6, 6.07) is 7.76. The lowest BCUT2D eigenvalue weighted by Crippen LogP contribution is -2.44. The molecular formula is C23H29N3O5. The summed E-state index contributed by atoms with van der Waals surface area (Å²) in [6.07, 6.45) is 1.30. The summed E-state index contributed by atoms with van der Waals surface area (Å²) in [6.45, 7) is 5.84. The van der Waals surface area contributed by atoms with Gasteiger partial charge in [0.15, 0.2) is 0 Å². The highest BCUT2D eigenvalue weighted by Gasteiger charge is 2.42. The predicted octanol–water partition coefficient (Wildman–Crippen LogP) is 2.45.